The zero-order valence-electron chi connectivity index (χ0n) is 11.9. The smallest absolute Gasteiger partial charge is 0.307 e. The third-order valence-electron chi connectivity index (χ3n) is 2.79. The first-order chi connectivity index (χ1) is 9.97. The third kappa shape index (κ3) is 5.71. The molecule has 0 unspecified atom stereocenters. The summed E-state index contributed by atoms with van der Waals surface area (Å²) in [6.45, 7) is 2.36. The van der Waals surface area contributed by atoms with E-state index in [0.717, 1.165) is 0 Å². The van der Waals surface area contributed by atoms with Gasteiger partial charge in [0, 0.05) is 13.1 Å². The SMILES string of the molecule is CCN(CCC(=O)OC)C(=O)COc1ccc(F)cc1Br. The van der Waals surface area contributed by atoms with Crippen molar-refractivity contribution in [2.24, 2.45) is 0 Å². The summed E-state index contributed by atoms with van der Waals surface area (Å²) in [5, 5.41) is 0. The Hall–Kier alpha value is -1.63. The van der Waals surface area contributed by atoms with Gasteiger partial charge < -0.3 is 14.4 Å². The van der Waals surface area contributed by atoms with Crippen LogP contribution in [0.15, 0.2) is 22.7 Å². The van der Waals surface area contributed by atoms with Gasteiger partial charge in [-0.3, -0.25) is 9.59 Å². The lowest BCUT2D eigenvalue weighted by Crippen LogP contribution is -2.36. The number of ether oxygens (including phenoxy) is 2. The van der Waals surface area contributed by atoms with E-state index in [4.69, 9.17) is 4.74 Å². The van der Waals surface area contributed by atoms with Gasteiger partial charge in [-0.1, -0.05) is 0 Å². The summed E-state index contributed by atoms with van der Waals surface area (Å²) in [5.74, 6) is -0.635. The van der Waals surface area contributed by atoms with Gasteiger partial charge in [0.1, 0.15) is 11.6 Å². The van der Waals surface area contributed by atoms with Crippen molar-refractivity contribution in [1.82, 2.24) is 4.90 Å². The highest BCUT2D eigenvalue weighted by Crippen LogP contribution is 2.25. The van der Waals surface area contributed by atoms with E-state index < -0.39 is 5.82 Å². The molecule has 0 heterocycles. The molecule has 0 N–H and O–H groups in total. The maximum Gasteiger partial charge on any atom is 0.307 e. The first-order valence-corrected chi connectivity index (χ1v) is 7.19. The Kier molecular flexibility index (Phi) is 7.14. The molecule has 0 aromatic heterocycles. The number of likely N-dealkylation sites (N-methyl/N-ethyl adjacent to an activating group) is 1. The lowest BCUT2D eigenvalue weighted by molar-refractivity contribution is -0.142. The number of nitrogens with zero attached hydrogens (tertiary/aromatic N) is 1. The minimum absolute atomic E-state index is 0.135. The molecule has 7 heteroatoms. The van der Waals surface area contributed by atoms with Gasteiger partial charge in [-0.25, -0.2) is 4.39 Å². The Morgan fingerprint density at radius 3 is 2.67 bits per heavy atom. The molecule has 1 amide bonds. The lowest BCUT2D eigenvalue weighted by Gasteiger charge is -2.20. The summed E-state index contributed by atoms with van der Waals surface area (Å²) in [7, 11) is 1.30. The standard InChI is InChI=1S/C14H17BrFNO4/c1-3-17(7-6-14(19)20-2)13(18)9-21-12-5-4-10(16)8-11(12)15/h4-5,8H,3,6-7,9H2,1-2H3. The van der Waals surface area contributed by atoms with Crippen LogP contribution in [-0.4, -0.2) is 43.6 Å². The Bertz CT molecular complexity index is 510. The average Bonchev–Trinajstić information content (AvgIpc) is 2.46. The van der Waals surface area contributed by atoms with Gasteiger partial charge in [0.2, 0.25) is 0 Å². The van der Waals surface area contributed by atoms with E-state index in [1.807, 2.05) is 6.92 Å². The molecule has 0 bridgehead atoms. The summed E-state index contributed by atoms with van der Waals surface area (Å²) in [4.78, 5) is 24.6. The highest BCUT2D eigenvalue weighted by atomic mass is 79.9. The van der Waals surface area contributed by atoms with Crippen LogP contribution in [0.5, 0.6) is 5.75 Å². The van der Waals surface area contributed by atoms with Crippen LogP contribution >= 0.6 is 15.9 Å². The number of carbonyl (C=O) groups is 2. The fraction of sp³-hybridized carbons (Fsp3) is 0.429. The van der Waals surface area contributed by atoms with Crippen LogP contribution in [-0.2, 0) is 14.3 Å². The van der Waals surface area contributed by atoms with Crippen molar-refractivity contribution in [3.63, 3.8) is 0 Å². The first-order valence-electron chi connectivity index (χ1n) is 6.40. The molecular weight excluding hydrogens is 345 g/mol. The van der Waals surface area contributed by atoms with Crippen LogP contribution in [0.25, 0.3) is 0 Å². The van der Waals surface area contributed by atoms with Crippen molar-refractivity contribution in [1.29, 1.82) is 0 Å². The maximum absolute atomic E-state index is 12.9. The molecule has 21 heavy (non-hydrogen) atoms. The number of amides is 1. The van der Waals surface area contributed by atoms with Crippen molar-refractivity contribution in [2.75, 3.05) is 26.8 Å². The average molecular weight is 362 g/mol. The Morgan fingerprint density at radius 2 is 2.10 bits per heavy atom. The second-order valence-electron chi connectivity index (χ2n) is 4.16. The summed E-state index contributed by atoms with van der Waals surface area (Å²) >= 11 is 3.16. The second kappa shape index (κ2) is 8.61. The molecule has 116 valence electrons. The number of rotatable bonds is 7. The van der Waals surface area contributed by atoms with E-state index >= 15 is 0 Å². The summed E-state index contributed by atoms with van der Waals surface area (Å²) in [6.07, 6.45) is 0.135. The normalized spacial score (nSPS) is 10.1. The molecule has 0 fully saturated rings. The quantitative estimate of drug-likeness (QED) is 0.699. The van der Waals surface area contributed by atoms with Gasteiger partial charge >= 0.3 is 5.97 Å². The van der Waals surface area contributed by atoms with Gasteiger partial charge in [0.25, 0.3) is 5.91 Å². The van der Waals surface area contributed by atoms with Crippen LogP contribution in [0.1, 0.15) is 13.3 Å². The van der Waals surface area contributed by atoms with Crippen LogP contribution in [0.3, 0.4) is 0 Å². The Balaban J connectivity index is 2.52. The van der Waals surface area contributed by atoms with Crippen molar-refractivity contribution >= 4 is 27.8 Å². The van der Waals surface area contributed by atoms with Crippen LogP contribution in [0, 0.1) is 5.82 Å². The number of carbonyl (C=O) groups excluding carboxylic acids is 2. The largest absolute Gasteiger partial charge is 0.483 e. The van der Waals surface area contributed by atoms with Crippen molar-refractivity contribution < 1.29 is 23.5 Å². The molecule has 0 aliphatic rings. The zero-order valence-corrected chi connectivity index (χ0v) is 13.5. The van der Waals surface area contributed by atoms with Crippen molar-refractivity contribution in [3.05, 3.63) is 28.5 Å². The molecule has 1 aromatic rings. The molecular formula is C14H17BrFNO4. The molecule has 0 saturated heterocycles. The molecule has 1 rings (SSSR count). The van der Waals surface area contributed by atoms with E-state index in [9.17, 15) is 14.0 Å². The number of methoxy groups -OCH3 is 1. The molecule has 0 spiro atoms. The first kappa shape index (κ1) is 17.4. The van der Waals surface area contributed by atoms with Crippen LogP contribution in [0.4, 0.5) is 4.39 Å². The summed E-state index contributed by atoms with van der Waals surface area (Å²) in [6, 6.07) is 3.95. The number of esters is 1. The molecule has 5 nitrogen and oxygen atoms in total. The summed E-state index contributed by atoms with van der Waals surface area (Å²) in [5.41, 5.74) is 0. The fourth-order valence-corrected chi connectivity index (χ4v) is 2.08. The highest BCUT2D eigenvalue weighted by molar-refractivity contribution is 9.10. The highest BCUT2D eigenvalue weighted by Gasteiger charge is 2.15. The molecule has 1 aromatic carbocycles. The predicted molar refractivity (Wildman–Crippen MR) is 78.5 cm³/mol. The van der Waals surface area contributed by atoms with E-state index in [-0.39, 0.29) is 31.4 Å². The van der Waals surface area contributed by atoms with Crippen LogP contribution in [0.2, 0.25) is 0 Å². The molecule has 0 aliphatic heterocycles. The molecule has 0 radical (unpaired) electrons. The number of hydrogen-bond donors (Lipinski definition) is 0. The molecule has 0 saturated carbocycles. The van der Waals surface area contributed by atoms with Gasteiger partial charge in [0.05, 0.1) is 18.0 Å². The third-order valence-corrected chi connectivity index (χ3v) is 3.41. The van der Waals surface area contributed by atoms with Gasteiger partial charge in [-0.2, -0.15) is 0 Å². The van der Waals surface area contributed by atoms with E-state index in [0.29, 0.717) is 16.8 Å². The minimum atomic E-state index is -0.395. The van der Waals surface area contributed by atoms with Gasteiger partial charge in [0.15, 0.2) is 6.61 Å². The van der Waals surface area contributed by atoms with E-state index in [1.54, 1.807) is 0 Å². The minimum Gasteiger partial charge on any atom is -0.483 e. The number of halogens is 2. The van der Waals surface area contributed by atoms with Gasteiger partial charge in [-0.05, 0) is 41.1 Å². The Labute approximate surface area is 131 Å². The maximum atomic E-state index is 12.9. The fourth-order valence-electron chi connectivity index (χ4n) is 1.61. The van der Waals surface area contributed by atoms with E-state index in [1.165, 1.54) is 30.2 Å². The predicted octanol–water partition coefficient (Wildman–Crippen LogP) is 2.38. The van der Waals surface area contributed by atoms with Crippen molar-refractivity contribution in [3.8, 4) is 5.75 Å². The van der Waals surface area contributed by atoms with Crippen molar-refractivity contribution in [2.45, 2.75) is 13.3 Å². The van der Waals surface area contributed by atoms with E-state index in [2.05, 4.69) is 20.7 Å². The zero-order chi connectivity index (χ0) is 15.8. The molecule has 0 aliphatic carbocycles. The molecule has 0 atom stereocenters. The summed E-state index contributed by atoms with van der Waals surface area (Å²) < 4.78 is 23.3. The Morgan fingerprint density at radius 1 is 1.38 bits per heavy atom. The van der Waals surface area contributed by atoms with Crippen LogP contribution < -0.4 is 4.74 Å². The second-order valence-corrected chi connectivity index (χ2v) is 5.02. The number of benzene rings is 1. The number of hydrogen-bond acceptors (Lipinski definition) is 4. The van der Waals surface area contributed by atoms with Gasteiger partial charge in [-0.15, -0.1) is 0 Å². The lowest BCUT2D eigenvalue weighted by atomic mass is 10.3. The topological polar surface area (TPSA) is 55.8 Å². The monoisotopic (exact) mass is 361 g/mol.